The van der Waals surface area contributed by atoms with E-state index in [4.69, 9.17) is 0 Å². The van der Waals surface area contributed by atoms with E-state index in [0.29, 0.717) is 5.69 Å². The van der Waals surface area contributed by atoms with E-state index >= 15 is 0 Å². The van der Waals surface area contributed by atoms with Crippen LogP contribution in [0.3, 0.4) is 0 Å². The Hall–Kier alpha value is -2.38. The summed E-state index contributed by atoms with van der Waals surface area (Å²) in [5.41, 5.74) is 2.24. The second-order valence-electron chi connectivity index (χ2n) is 6.42. The first-order valence-electron chi connectivity index (χ1n) is 8.41. The van der Waals surface area contributed by atoms with Crippen molar-refractivity contribution in [1.82, 2.24) is 10.0 Å². The number of amides is 2. The molecule has 26 heavy (non-hydrogen) atoms. The summed E-state index contributed by atoms with van der Waals surface area (Å²) in [7, 11) is -2.23. The van der Waals surface area contributed by atoms with Crippen LogP contribution in [-0.4, -0.2) is 21.5 Å². The van der Waals surface area contributed by atoms with Gasteiger partial charge in [-0.3, -0.25) is 0 Å². The standard InChI is InChI=1S/C19H25N3O3S/c1-13(2)18(15-8-6-5-7-9-15)22-19(23)21-17-12-16(11-10-14(17)3)26(24,25)20-4/h5-13,18,20H,1-4H3,(H2,21,22,23). The highest BCUT2D eigenvalue weighted by Gasteiger charge is 2.19. The van der Waals surface area contributed by atoms with Crippen LogP contribution in [0.5, 0.6) is 0 Å². The summed E-state index contributed by atoms with van der Waals surface area (Å²) in [4.78, 5) is 12.6. The molecule has 0 saturated heterocycles. The summed E-state index contributed by atoms with van der Waals surface area (Å²) in [5, 5.41) is 5.73. The first-order valence-corrected chi connectivity index (χ1v) is 9.89. The molecule has 0 heterocycles. The Balaban J connectivity index is 2.20. The van der Waals surface area contributed by atoms with Gasteiger partial charge in [-0.25, -0.2) is 17.9 Å². The molecule has 6 nitrogen and oxygen atoms in total. The van der Waals surface area contributed by atoms with Gasteiger partial charge in [0.2, 0.25) is 10.0 Å². The molecule has 0 radical (unpaired) electrons. The van der Waals surface area contributed by atoms with Crippen LogP contribution in [0, 0.1) is 12.8 Å². The van der Waals surface area contributed by atoms with Crippen LogP contribution in [0.1, 0.15) is 31.0 Å². The zero-order valence-corrected chi connectivity index (χ0v) is 16.2. The molecule has 2 amide bonds. The number of rotatable bonds is 6. The summed E-state index contributed by atoms with van der Waals surface area (Å²) >= 11 is 0. The third-order valence-corrected chi connectivity index (χ3v) is 5.56. The van der Waals surface area contributed by atoms with Crippen molar-refractivity contribution in [2.24, 2.45) is 5.92 Å². The lowest BCUT2D eigenvalue weighted by molar-refractivity contribution is 0.244. The number of anilines is 1. The number of urea groups is 1. The fourth-order valence-corrected chi connectivity index (χ4v) is 3.37. The first kappa shape index (κ1) is 19.9. The Labute approximate surface area is 155 Å². The van der Waals surface area contributed by atoms with Crippen LogP contribution in [0.25, 0.3) is 0 Å². The van der Waals surface area contributed by atoms with E-state index in [1.54, 1.807) is 6.07 Å². The molecule has 0 aliphatic carbocycles. The van der Waals surface area contributed by atoms with E-state index in [9.17, 15) is 13.2 Å². The van der Waals surface area contributed by atoms with Crippen molar-refractivity contribution in [3.8, 4) is 0 Å². The highest BCUT2D eigenvalue weighted by Crippen LogP contribution is 2.23. The van der Waals surface area contributed by atoms with Gasteiger partial charge in [-0.2, -0.15) is 0 Å². The smallest absolute Gasteiger partial charge is 0.319 e. The van der Waals surface area contributed by atoms with E-state index < -0.39 is 10.0 Å². The summed E-state index contributed by atoms with van der Waals surface area (Å²) in [6.07, 6.45) is 0. The molecule has 2 aromatic rings. The quantitative estimate of drug-likeness (QED) is 0.723. The third kappa shape index (κ3) is 4.83. The summed E-state index contributed by atoms with van der Waals surface area (Å²) in [6.45, 7) is 5.87. The number of carbonyl (C=O) groups excluding carboxylic acids is 1. The number of nitrogens with one attached hydrogen (secondary N) is 3. The number of sulfonamides is 1. The SMILES string of the molecule is CNS(=O)(=O)c1ccc(C)c(NC(=O)NC(c2ccccc2)C(C)C)c1. The molecule has 7 heteroatoms. The van der Waals surface area contributed by atoms with E-state index in [1.807, 2.05) is 51.1 Å². The topological polar surface area (TPSA) is 87.3 Å². The van der Waals surface area contributed by atoms with Gasteiger partial charge in [0, 0.05) is 5.69 Å². The highest BCUT2D eigenvalue weighted by molar-refractivity contribution is 7.89. The Morgan fingerprint density at radius 2 is 1.69 bits per heavy atom. The maximum absolute atomic E-state index is 12.5. The van der Waals surface area contributed by atoms with Gasteiger partial charge in [0.25, 0.3) is 0 Å². The predicted octanol–water partition coefficient (Wildman–Crippen LogP) is 3.42. The zero-order valence-electron chi connectivity index (χ0n) is 15.4. The average molecular weight is 375 g/mol. The molecule has 0 aromatic heterocycles. The molecule has 0 aliphatic heterocycles. The number of hydrogen-bond acceptors (Lipinski definition) is 3. The fourth-order valence-electron chi connectivity index (χ4n) is 2.62. The maximum Gasteiger partial charge on any atom is 0.319 e. The van der Waals surface area contributed by atoms with Crippen LogP contribution in [0.4, 0.5) is 10.5 Å². The fraction of sp³-hybridized carbons (Fsp3) is 0.316. The molecule has 0 saturated carbocycles. The number of hydrogen-bond donors (Lipinski definition) is 3. The Kier molecular flexibility index (Phi) is 6.39. The molecule has 1 unspecified atom stereocenters. The lowest BCUT2D eigenvalue weighted by atomic mass is 9.96. The first-order chi connectivity index (χ1) is 12.2. The van der Waals surface area contributed by atoms with Gasteiger partial charge in [0.05, 0.1) is 10.9 Å². The number of benzene rings is 2. The molecule has 1 atom stereocenters. The molecule has 2 aromatic carbocycles. The summed E-state index contributed by atoms with van der Waals surface area (Å²) in [5.74, 6) is 0.195. The molecular weight excluding hydrogens is 350 g/mol. The lowest BCUT2D eigenvalue weighted by Gasteiger charge is -2.23. The van der Waals surface area contributed by atoms with Crippen molar-refractivity contribution in [2.45, 2.75) is 31.7 Å². The average Bonchev–Trinajstić information content (AvgIpc) is 2.62. The lowest BCUT2D eigenvalue weighted by Crippen LogP contribution is -2.35. The summed E-state index contributed by atoms with van der Waals surface area (Å²) in [6, 6.07) is 13.8. The van der Waals surface area contributed by atoms with Gasteiger partial charge in [-0.05, 0) is 43.1 Å². The highest BCUT2D eigenvalue weighted by atomic mass is 32.2. The van der Waals surface area contributed by atoms with Crippen molar-refractivity contribution >= 4 is 21.7 Å². The minimum absolute atomic E-state index is 0.101. The second-order valence-corrected chi connectivity index (χ2v) is 8.30. The van der Waals surface area contributed by atoms with E-state index in [1.165, 1.54) is 19.2 Å². The van der Waals surface area contributed by atoms with Gasteiger partial charge in [-0.1, -0.05) is 50.2 Å². The molecule has 0 bridgehead atoms. The van der Waals surface area contributed by atoms with Crippen molar-refractivity contribution in [3.05, 3.63) is 59.7 Å². The second kappa shape index (κ2) is 8.33. The molecule has 2 rings (SSSR count). The van der Waals surface area contributed by atoms with Crippen LogP contribution in [0.15, 0.2) is 53.4 Å². The number of aryl methyl sites for hydroxylation is 1. The minimum Gasteiger partial charge on any atom is -0.331 e. The van der Waals surface area contributed by atoms with Gasteiger partial charge < -0.3 is 10.6 Å². The number of carbonyl (C=O) groups is 1. The molecule has 140 valence electrons. The van der Waals surface area contributed by atoms with Crippen molar-refractivity contribution in [3.63, 3.8) is 0 Å². The Morgan fingerprint density at radius 1 is 1.04 bits per heavy atom. The molecule has 0 fully saturated rings. The monoisotopic (exact) mass is 375 g/mol. The molecule has 0 aliphatic rings. The van der Waals surface area contributed by atoms with Crippen LogP contribution in [0.2, 0.25) is 0 Å². The Morgan fingerprint density at radius 3 is 2.27 bits per heavy atom. The van der Waals surface area contributed by atoms with Crippen LogP contribution in [-0.2, 0) is 10.0 Å². The normalized spacial score (nSPS) is 12.7. The zero-order chi connectivity index (χ0) is 19.3. The van der Waals surface area contributed by atoms with Crippen LogP contribution < -0.4 is 15.4 Å². The van der Waals surface area contributed by atoms with E-state index in [0.717, 1.165) is 11.1 Å². The maximum atomic E-state index is 12.5. The van der Waals surface area contributed by atoms with Gasteiger partial charge in [0.15, 0.2) is 0 Å². The summed E-state index contributed by atoms with van der Waals surface area (Å²) < 4.78 is 26.2. The third-order valence-electron chi connectivity index (χ3n) is 4.15. The largest absolute Gasteiger partial charge is 0.331 e. The molecule has 3 N–H and O–H groups in total. The minimum atomic E-state index is -3.57. The molecular formula is C19H25N3O3S. The molecule has 0 spiro atoms. The van der Waals surface area contributed by atoms with Crippen molar-refractivity contribution < 1.29 is 13.2 Å². The van der Waals surface area contributed by atoms with Crippen molar-refractivity contribution in [2.75, 3.05) is 12.4 Å². The Bertz CT molecular complexity index is 865. The van der Waals surface area contributed by atoms with Gasteiger partial charge in [0.1, 0.15) is 0 Å². The van der Waals surface area contributed by atoms with E-state index in [2.05, 4.69) is 15.4 Å². The van der Waals surface area contributed by atoms with Gasteiger partial charge in [-0.15, -0.1) is 0 Å². The van der Waals surface area contributed by atoms with Gasteiger partial charge >= 0.3 is 6.03 Å². The van der Waals surface area contributed by atoms with Crippen molar-refractivity contribution in [1.29, 1.82) is 0 Å². The van der Waals surface area contributed by atoms with E-state index in [-0.39, 0.29) is 22.9 Å². The van der Waals surface area contributed by atoms with Crippen LogP contribution >= 0.6 is 0 Å². The predicted molar refractivity (Wildman–Crippen MR) is 104 cm³/mol.